The monoisotopic (exact) mass is 379 g/mol. The van der Waals surface area contributed by atoms with Crippen molar-refractivity contribution < 1.29 is 14.3 Å². The van der Waals surface area contributed by atoms with Crippen LogP contribution >= 0.6 is 0 Å². The normalized spacial score (nSPS) is 21.0. The molecule has 1 amide bonds. The first-order valence-electron chi connectivity index (χ1n) is 10.3. The first-order chi connectivity index (χ1) is 13.8. The van der Waals surface area contributed by atoms with Gasteiger partial charge >= 0.3 is 0 Å². The summed E-state index contributed by atoms with van der Waals surface area (Å²) >= 11 is 0. The van der Waals surface area contributed by atoms with Crippen molar-refractivity contribution in [3.8, 4) is 0 Å². The molecule has 0 aromatic heterocycles. The van der Waals surface area contributed by atoms with E-state index in [0.29, 0.717) is 19.8 Å². The molecule has 2 aliphatic rings. The molecule has 0 saturated carbocycles. The van der Waals surface area contributed by atoms with Gasteiger partial charge in [0, 0.05) is 38.4 Å². The smallest absolute Gasteiger partial charge is 0.230 e. The number of nitrogens with one attached hydrogen (secondary N) is 1. The molecule has 148 valence electrons. The second-order valence-corrected chi connectivity index (χ2v) is 8.00. The number of hydrogen-bond donors (Lipinski definition) is 1. The maximum absolute atomic E-state index is 13.5. The second-order valence-electron chi connectivity index (χ2n) is 8.00. The first kappa shape index (κ1) is 19.2. The van der Waals surface area contributed by atoms with Gasteiger partial charge in [-0.25, -0.2) is 0 Å². The van der Waals surface area contributed by atoms with Gasteiger partial charge in [-0.3, -0.25) is 4.79 Å². The van der Waals surface area contributed by atoms with Crippen LogP contribution < -0.4 is 5.32 Å². The molecular formula is C24H29NO3. The summed E-state index contributed by atoms with van der Waals surface area (Å²) in [6.07, 6.45) is 3.31. The van der Waals surface area contributed by atoms with Crippen molar-refractivity contribution in [2.45, 2.75) is 36.5 Å². The van der Waals surface area contributed by atoms with E-state index in [-0.39, 0.29) is 11.3 Å². The molecule has 2 heterocycles. The Labute approximate surface area is 167 Å². The Morgan fingerprint density at radius 2 is 1.25 bits per heavy atom. The van der Waals surface area contributed by atoms with Crippen LogP contribution in [0.3, 0.4) is 0 Å². The highest BCUT2D eigenvalue weighted by atomic mass is 16.5. The van der Waals surface area contributed by atoms with Crippen molar-refractivity contribution in [2.75, 3.05) is 33.0 Å². The summed E-state index contributed by atoms with van der Waals surface area (Å²) in [6, 6.07) is 20.8. The second kappa shape index (κ2) is 8.46. The van der Waals surface area contributed by atoms with Crippen molar-refractivity contribution >= 4 is 5.91 Å². The molecule has 0 spiro atoms. The number of hydrogen-bond acceptors (Lipinski definition) is 3. The Morgan fingerprint density at radius 3 is 1.82 bits per heavy atom. The Hall–Kier alpha value is -2.17. The van der Waals surface area contributed by atoms with E-state index >= 15 is 0 Å². The standard InChI is InChI=1S/C24H29NO3/c26-22(24(13-17-28-18-14-24)21-9-5-2-6-10-21)25-19-23(11-15-27-16-12-23)20-7-3-1-4-8-20/h1-10H,11-19H2,(H,25,26). The molecule has 4 heteroatoms. The number of amides is 1. The van der Waals surface area contributed by atoms with E-state index in [1.807, 2.05) is 24.3 Å². The molecule has 0 radical (unpaired) electrons. The summed E-state index contributed by atoms with van der Waals surface area (Å²) in [7, 11) is 0. The molecule has 0 aliphatic carbocycles. The van der Waals surface area contributed by atoms with E-state index in [9.17, 15) is 4.79 Å². The minimum atomic E-state index is -0.497. The van der Waals surface area contributed by atoms with E-state index in [0.717, 1.165) is 44.5 Å². The fraction of sp³-hybridized carbons (Fsp3) is 0.458. The van der Waals surface area contributed by atoms with Crippen molar-refractivity contribution in [1.29, 1.82) is 0 Å². The topological polar surface area (TPSA) is 47.6 Å². The van der Waals surface area contributed by atoms with Gasteiger partial charge in [-0.2, -0.15) is 0 Å². The number of rotatable bonds is 5. The molecule has 1 N–H and O–H groups in total. The molecule has 0 unspecified atom stereocenters. The minimum absolute atomic E-state index is 0.0573. The lowest BCUT2D eigenvalue weighted by atomic mass is 9.71. The lowest BCUT2D eigenvalue weighted by molar-refractivity contribution is -0.131. The zero-order valence-corrected chi connectivity index (χ0v) is 16.4. The molecular weight excluding hydrogens is 350 g/mol. The Kier molecular flexibility index (Phi) is 5.79. The van der Waals surface area contributed by atoms with Crippen LogP contribution in [-0.4, -0.2) is 38.9 Å². The Bertz CT molecular complexity index is 763. The van der Waals surface area contributed by atoms with E-state index in [2.05, 4.69) is 41.7 Å². The first-order valence-corrected chi connectivity index (χ1v) is 10.3. The van der Waals surface area contributed by atoms with Crippen molar-refractivity contribution in [3.05, 3.63) is 71.8 Å². The lowest BCUT2D eigenvalue weighted by Gasteiger charge is -2.41. The fourth-order valence-corrected chi connectivity index (χ4v) is 4.66. The third-order valence-electron chi connectivity index (χ3n) is 6.53. The van der Waals surface area contributed by atoms with Crippen LogP contribution in [0.25, 0.3) is 0 Å². The third-order valence-corrected chi connectivity index (χ3v) is 6.53. The van der Waals surface area contributed by atoms with Gasteiger partial charge in [-0.1, -0.05) is 60.7 Å². The van der Waals surface area contributed by atoms with E-state index in [1.165, 1.54) is 5.56 Å². The Balaban J connectivity index is 1.57. The highest BCUT2D eigenvalue weighted by Gasteiger charge is 2.43. The largest absolute Gasteiger partial charge is 0.381 e. The van der Waals surface area contributed by atoms with Crippen LogP contribution in [-0.2, 0) is 25.1 Å². The fourth-order valence-electron chi connectivity index (χ4n) is 4.66. The van der Waals surface area contributed by atoms with Crippen molar-refractivity contribution in [3.63, 3.8) is 0 Å². The number of carbonyl (C=O) groups is 1. The molecule has 2 aromatic carbocycles. The maximum Gasteiger partial charge on any atom is 0.230 e. The molecule has 28 heavy (non-hydrogen) atoms. The summed E-state index contributed by atoms with van der Waals surface area (Å²) in [5.41, 5.74) is 1.83. The van der Waals surface area contributed by atoms with Crippen LogP contribution in [0.2, 0.25) is 0 Å². The van der Waals surface area contributed by atoms with Crippen LogP contribution in [0.4, 0.5) is 0 Å². The van der Waals surface area contributed by atoms with Gasteiger partial charge in [0.25, 0.3) is 0 Å². The molecule has 0 bridgehead atoms. The predicted molar refractivity (Wildman–Crippen MR) is 109 cm³/mol. The summed E-state index contributed by atoms with van der Waals surface area (Å²) in [4.78, 5) is 13.5. The van der Waals surface area contributed by atoms with Gasteiger partial charge < -0.3 is 14.8 Å². The Morgan fingerprint density at radius 1 is 0.750 bits per heavy atom. The third kappa shape index (κ3) is 3.71. The number of ether oxygens (including phenoxy) is 2. The summed E-state index contributed by atoms with van der Waals surface area (Å²) in [5, 5.41) is 3.35. The van der Waals surface area contributed by atoms with E-state index < -0.39 is 5.41 Å². The summed E-state index contributed by atoms with van der Waals surface area (Å²) in [5.74, 6) is 0.129. The summed E-state index contributed by atoms with van der Waals surface area (Å²) < 4.78 is 11.2. The molecule has 2 aliphatic heterocycles. The van der Waals surface area contributed by atoms with Crippen LogP contribution in [0.15, 0.2) is 60.7 Å². The number of carbonyl (C=O) groups excluding carboxylic acids is 1. The molecule has 4 nitrogen and oxygen atoms in total. The SMILES string of the molecule is O=C(NCC1(c2ccccc2)CCOCC1)C1(c2ccccc2)CCOCC1. The highest BCUT2D eigenvalue weighted by Crippen LogP contribution is 2.37. The maximum atomic E-state index is 13.5. The quantitative estimate of drug-likeness (QED) is 0.863. The van der Waals surface area contributed by atoms with E-state index in [1.54, 1.807) is 0 Å². The molecule has 0 atom stereocenters. The highest BCUT2D eigenvalue weighted by molar-refractivity contribution is 5.88. The molecule has 4 rings (SSSR count). The average Bonchev–Trinajstić information content (AvgIpc) is 2.80. The minimum Gasteiger partial charge on any atom is -0.381 e. The van der Waals surface area contributed by atoms with E-state index in [4.69, 9.17) is 9.47 Å². The summed E-state index contributed by atoms with van der Waals surface area (Å²) in [6.45, 7) is 3.37. The van der Waals surface area contributed by atoms with Gasteiger partial charge in [-0.15, -0.1) is 0 Å². The van der Waals surface area contributed by atoms with Crippen molar-refractivity contribution in [2.24, 2.45) is 0 Å². The van der Waals surface area contributed by atoms with Crippen molar-refractivity contribution in [1.82, 2.24) is 5.32 Å². The van der Waals surface area contributed by atoms with Gasteiger partial charge in [0.2, 0.25) is 5.91 Å². The van der Waals surface area contributed by atoms with Crippen LogP contribution in [0.1, 0.15) is 36.8 Å². The number of benzene rings is 2. The van der Waals surface area contributed by atoms with Crippen LogP contribution in [0.5, 0.6) is 0 Å². The lowest BCUT2D eigenvalue weighted by Crippen LogP contribution is -2.52. The predicted octanol–water partition coefficient (Wildman–Crippen LogP) is 3.60. The zero-order chi connectivity index (χ0) is 19.3. The van der Waals surface area contributed by atoms with Gasteiger partial charge in [-0.05, 0) is 36.8 Å². The zero-order valence-electron chi connectivity index (χ0n) is 16.4. The molecule has 2 fully saturated rings. The van der Waals surface area contributed by atoms with Gasteiger partial charge in [0.15, 0.2) is 0 Å². The molecule has 2 aromatic rings. The van der Waals surface area contributed by atoms with Gasteiger partial charge in [0.05, 0.1) is 5.41 Å². The van der Waals surface area contributed by atoms with Crippen LogP contribution in [0, 0.1) is 0 Å². The van der Waals surface area contributed by atoms with Gasteiger partial charge in [0.1, 0.15) is 0 Å². The molecule has 2 saturated heterocycles. The average molecular weight is 380 g/mol.